The number of rotatable bonds is 4. The van der Waals surface area contributed by atoms with Gasteiger partial charge in [0.05, 0.1) is 0 Å². The number of aryl methyl sites for hydroxylation is 1. The highest BCUT2D eigenvalue weighted by Gasteiger charge is 2.11. The highest BCUT2D eigenvalue weighted by atomic mass is 16.4. The lowest BCUT2D eigenvalue weighted by Crippen LogP contribution is -2.14. The van der Waals surface area contributed by atoms with Crippen LogP contribution in [0, 0.1) is 6.92 Å². The Labute approximate surface area is 82.0 Å². The van der Waals surface area contributed by atoms with Crippen LogP contribution in [0.2, 0.25) is 0 Å². The lowest BCUT2D eigenvalue weighted by atomic mass is 10.0. The third-order valence-corrected chi connectivity index (χ3v) is 2.02. The summed E-state index contributed by atoms with van der Waals surface area (Å²) < 4.78 is 0. The van der Waals surface area contributed by atoms with Gasteiger partial charge in [-0.25, -0.2) is 9.97 Å². The first-order valence-corrected chi connectivity index (χ1v) is 4.35. The molecule has 1 unspecified atom stereocenters. The maximum atomic E-state index is 10.3. The molecule has 0 saturated carbocycles. The second-order valence-electron chi connectivity index (χ2n) is 3.10. The molecule has 5 heteroatoms. The molecule has 0 aliphatic rings. The van der Waals surface area contributed by atoms with E-state index in [9.17, 15) is 4.79 Å². The molecule has 0 spiro atoms. The molecule has 3 N–H and O–H groups in total. The van der Waals surface area contributed by atoms with E-state index in [1.807, 2.05) is 6.92 Å². The van der Waals surface area contributed by atoms with Crippen LogP contribution in [0.5, 0.6) is 0 Å². The molecule has 0 radical (unpaired) electrons. The predicted octanol–water partition coefficient (Wildman–Crippen LogP) is 0.650. The number of nitrogens with two attached hydrogens (primary N) is 1. The van der Waals surface area contributed by atoms with E-state index in [4.69, 9.17) is 10.8 Å². The first-order chi connectivity index (χ1) is 6.61. The lowest BCUT2D eigenvalue weighted by Gasteiger charge is -2.11. The summed E-state index contributed by atoms with van der Waals surface area (Å²) in [6.07, 6.45) is 3.55. The molecule has 1 heterocycles. The molecule has 0 fully saturated rings. The second kappa shape index (κ2) is 4.66. The van der Waals surface area contributed by atoms with Gasteiger partial charge in [0.15, 0.2) is 0 Å². The number of carbonyl (C=O) groups is 1. The Morgan fingerprint density at radius 3 is 3.00 bits per heavy atom. The Balaban J connectivity index is 2.65. The molecular formula is C9H13N3O2. The third kappa shape index (κ3) is 2.77. The van der Waals surface area contributed by atoms with Crippen LogP contribution in [0.3, 0.4) is 0 Å². The van der Waals surface area contributed by atoms with Crippen LogP contribution in [-0.4, -0.2) is 21.0 Å². The van der Waals surface area contributed by atoms with E-state index in [-0.39, 0.29) is 12.5 Å². The van der Waals surface area contributed by atoms with Crippen molar-refractivity contribution < 1.29 is 9.90 Å². The van der Waals surface area contributed by atoms with Gasteiger partial charge < -0.3 is 10.8 Å². The molecule has 1 aromatic rings. The maximum Gasteiger partial charge on any atom is 0.303 e. The van der Waals surface area contributed by atoms with E-state index < -0.39 is 5.97 Å². The van der Waals surface area contributed by atoms with Gasteiger partial charge in [0, 0.05) is 29.9 Å². The normalized spacial score (nSPS) is 12.4. The van der Waals surface area contributed by atoms with Gasteiger partial charge in [-0.3, -0.25) is 4.79 Å². The first-order valence-electron chi connectivity index (χ1n) is 4.35. The molecule has 0 amide bonds. The van der Waals surface area contributed by atoms with E-state index in [0.29, 0.717) is 6.42 Å². The van der Waals surface area contributed by atoms with Gasteiger partial charge in [-0.2, -0.15) is 0 Å². The zero-order chi connectivity index (χ0) is 10.6. The molecule has 76 valence electrons. The molecule has 1 atom stereocenters. The molecule has 0 aliphatic carbocycles. The SMILES string of the molecule is Cc1ncncc1C(N)CCC(=O)O. The van der Waals surface area contributed by atoms with Crippen LogP contribution in [0.15, 0.2) is 12.5 Å². The summed E-state index contributed by atoms with van der Waals surface area (Å²) in [7, 11) is 0. The fourth-order valence-electron chi connectivity index (χ4n) is 1.20. The van der Waals surface area contributed by atoms with Crippen molar-refractivity contribution in [1.82, 2.24) is 9.97 Å². The van der Waals surface area contributed by atoms with Gasteiger partial charge in [-0.1, -0.05) is 0 Å². The molecule has 5 nitrogen and oxygen atoms in total. The molecule has 1 rings (SSSR count). The number of aromatic nitrogens is 2. The number of carboxylic acid groups (broad SMARTS) is 1. The molecule has 0 aliphatic heterocycles. The quantitative estimate of drug-likeness (QED) is 0.736. The largest absolute Gasteiger partial charge is 0.481 e. The minimum atomic E-state index is -0.838. The van der Waals surface area contributed by atoms with Crippen LogP contribution >= 0.6 is 0 Å². The standard InChI is InChI=1S/C9H13N3O2/c1-6-7(4-11-5-12-6)8(10)2-3-9(13)14/h4-5,8H,2-3,10H2,1H3,(H,13,14). The number of aliphatic carboxylic acids is 1. The predicted molar refractivity (Wildman–Crippen MR) is 50.6 cm³/mol. The Morgan fingerprint density at radius 2 is 2.43 bits per heavy atom. The van der Waals surface area contributed by atoms with Gasteiger partial charge in [-0.15, -0.1) is 0 Å². The molecule has 1 aromatic heterocycles. The monoisotopic (exact) mass is 195 g/mol. The van der Waals surface area contributed by atoms with Crippen molar-refractivity contribution in [1.29, 1.82) is 0 Å². The number of hydrogen-bond donors (Lipinski definition) is 2. The summed E-state index contributed by atoms with van der Waals surface area (Å²) in [5.74, 6) is -0.838. The van der Waals surface area contributed by atoms with Crippen molar-refractivity contribution in [3.8, 4) is 0 Å². The summed E-state index contributed by atoms with van der Waals surface area (Å²) in [5, 5.41) is 8.49. The van der Waals surface area contributed by atoms with Crippen molar-refractivity contribution >= 4 is 5.97 Å². The van der Waals surface area contributed by atoms with Crippen molar-refractivity contribution in [2.45, 2.75) is 25.8 Å². The zero-order valence-corrected chi connectivity index (χ0v) is 7.97. The van der Waals surface area contributed by atoms with E-state index in [2.05, 4.69) is 9.97 Å². The average Bonchev–Trinajstić information content (AvgIpc) is 2.15. The van der Waals surface area contributed by atoms with Gasteiger partial charge in [0.1, 0.15) is 6.33 Å². The fourth-order valence-corrected chi connectivity index (χ4v) is 1.20. The van der Waals surface area contributed by atoms with E-state index in [1.165, 1.54) is 6.33 Å². The minimum Gasteiger partial charge on any atom is -0.481 e. The second-order valence-corrected chi connectivity index (χ2v) is 3.10. The molecule has 0 aromatic carbocycles. The number of carboxylic acids is 1. The maximum absolute atomic E-state index is 10.3. The van der Waals surface area contributed by atoms with Gasteiger partial charge in [-0.05, 0) is 13.3 Å². The highest BCUT2D eigenvalue weighted by molar-refractivity contribution is 5.66. The first kappa shape index (κ1) is 10.6. The molecular weight excluding hydrogens is 182 g/mol. The van der Waals surface area contributed by atoms with Gasteiger partial charge >= 0.3 is 5.97 Å². The molecule has 14 heavy (non-hydrogen) atoms. The van der Waals surface area contributed by atoms with E-state index >= 15 is 0 Å². The minimum absolute atomic E-state index is 0.0650. The fraction of sp³-hybridized carbons (Fsp3) is 0.444. The van der Waals surface area contributed by atoms with Crippen molar-refractivity contribution in [3.05, 3.63) is 23.8 Å². The van der Waals surface area contributed by atoms with Crippen LogP contribution < -0.4 is 5.73 Å². The number of hydrogen-bond acceptors (Lipinski definition) is 4. The summed E-state index contributed by atoms with van der Waals surface area (Å²) in [6, 6.07) is -0.299. The van der Waals surface area contributed by atoms with Crippen LogP contribution in [0.1, 0.15) is 30.1 Å². The van der Waals surface area contributed by atoms with E-state index in [1.54, 1.807) is 6.20 Å². The Morgan fingerprint density at radius 1 is 1.71 bits per heavy atom. The van der Waals surface area contributed by atoms with Crippen LogP contribution in [0.25, 0.3) is 0 Å². The summed E-state index contributed by atoms with van der Waals surface area (Å²) >= 11 is 0. The Kier molecular flexibility index (Phi) is 3.53. The van der Waals surface area contributed by atoms with Gasteiger partial charge in [0.25, 0.3) is 0 Å². The van der Waals surface area contributed by atoms with Crippen molar-refractivity contribution in [3.63, 3.8) is 0 Å². The molecule has 0 saturated heterocycles. The van der Waals surface area contributed by atoms with Crippen molar-refractivity contribution in [2.75, 3.05) is 0 Å². The Hall–Kier alpha value is -1.49. The van der Waals surface area contributed by atoms with Crippen LogP contribution in [0.4, 0.5) is 0 Å². The van der Waals surface area contributed by atoms with Crippen LogP contribution in [-0.2, 0) is 4.79 Å². The smallest absolute Gasteiger partial charge is 0.303 e. The van der Waals surface area contributed by atoms with Crippen molar-refractivity contribution in [2.24, 2.45) is 5.73 Å². The summed E-state index contributed by atoms with van der Waals surface area (Å²) in [5.41, 5.74) is 7.42. The molecule has 0 bridgehead atoms. The highest BCUT2D eigenvalue weighted by Crippen LogP contribution is 2.16. The van der Waals surface area contributed by atoms with Gasteiger partial charge in [0.2, 0.25) is 0 Å². The topological polar surface area (TPSA) is 89.1 Å². The average molecular weight is 195 g/mol. The third-order valence-electron chi connectivity index (χ3n) is 2.02. The van der Waals surface area contributed by atoms with E-state index in [0.717, 1.165) is 11.3 Å². The summed E-state index contributed by atoms with van der Waals surface area (Å²) in [6.45, 7) is 1.83. The number of nitrogens with zero attached hydrogens (tertiary/aromatic N) is 2. The summed E-state index contributed by atoms with van der Waals surface area (Å²) in [4.78, 5) is 18.2. The Bertz CT molecular complexity index is 328. The lowest BCUT2D eigenvalue weighted by molar-refractivity contribution is -0.137. The zero-order valence-electron chi connectivity index (χ0n) is 7.97.